The smallest absolute Gasteiger partial charge is 0.340 e. The Morgan fingerprint density at radius 3 is 2.53 bits per heavy atom. The molecule has 1 fully saturated rings. The highest BCUT2D eigenvalue weighted by atomic mass is 16.7. The van der Waals surface area contributed by atoms with Gasteiger partial charge in [0.1, 0.15) is 6.10 Å². The molecule has 1 heterocycles. The van der Waals surface area contributed by atoms with Crippen molar-refractivity contribution >= 4 is 11.7 Å². The Labute approximate surface area is 97.3 Å². The Balaban J connectivity index is 2.16. The Hall–Kier alpha value is -1.95. The van der Waals surface area contributed by atoms with Crippen LogP contribution in [0.3, 0.4) is 0 Å². The molecule has 2 unspecified atom stereocenters. The van der Waals surface area contributed by atoms with E-state index in [0.717, 1.165) is 5.56 Å². The largest absolute Gasteiger partial charge is 0.467 e. The lowest BCUT2D eigenvalue weighted by molar-refractivity contribution is -0.384. The van der Waals surface area contributed by atoms with Crippen LogP contribution in [-0.2, 0) is 14.3 Å². The molecule has 6 heteroatoms. The van der Waals surface area contributed by atoms with Crippen LogP contribution < -0.4 is 0 Å². The van der Waals surface area contributed by atoms with Crippen molar-refractivity contribution in [3.8, 4) is 0 Å². The molecule has 0 aromatic heterocycles. The number of non-ortho nitro benzene ring substituents is 1. The number of rotatable bonds is 3. The van der Waals surface area contributed by atoms with Gasteiger partial charge in [0.05, 0.1) is 12.0 Å². The van der Waals surface area contributed by atoms with Gasteiger partial charge in [0, 0.05) is 12.1 Å². The molecule has 90 valence electrons. The first-order valence-corrected chi connectivity index (χ1v) is 4.99. The number of nitro groups is 1. The zero-order valence-corrected chi connectivity index (χ0v) is 9.38. The molecular weight excluding hydrogens is 226 g/mol. The van der Waals surface area contributed by atoms with Crippen LogP contribution >= 0.6 is 0 Å². The summed E-state index contributed by atoms with van der Waals surface area (Å²) in [5.74, 6) is -0.444. The van der Waals surface area contributed by atoms with Crippen molar-refractivity contribution in [2.24, 2.45) is 0 Å². The van der Waals surface area contributed by atoms with Gasteiger partial charge in [-0.25, -0.2) is 4.79 Å². The molecule has 0 saturated carbocycles. The zero-order valence-electron chi connectivity index (χ0n) is 9.38. The molecule has 1 aliphatic rings. The minimum Gasteiger partial charge on any atom is -0.467 e. The van der Waals surface area contributed by atoms with Gasteiger partial charge in [-0.2, -0.15) is 0 Å². The van der Waals surface area contributed by atoms with E-state index in [0.29, 0.717) is 0 Å². The molecule has 1 aromatic carbocycles. The molecule has 1 saturated heterocycles. The lowest BCUT2D eigenvalue weighted by Crippen LogP contribution is -2.22. The lowest BCUT2D eigenvalue weighted by atomic mass is 10.0. The molecule has 0 N–H and O–H groups in total. The summed E-state index contributed by atoms with van der Waals surface area (Å²) in [4.78, 5) is 21.4. The summed E-state index contributed by atoms with van der Waals surface area (Å²) in [6, 6.07) is 5.93. The molecule has 2 rings (SSSR count). The molecule has 17 heavy (non-hydrogen) atoms. The molecule has 0 spiro atoms. The normalized spacial score (nSPS) is 26.4. The monoisotopic (exact) mass is 237 g/mol. The summed E-state index contributed by atoms with van der Waals surface area (Å²) < 4.78 is 9.92. The zero-order chi connectivity index (χ0) is 12.6. The van der Waals surface area contributed by atoms with Crippen LogP contribution in [0.5, 0.6) is 0 Å². The van der Waals surface area contributed by atoms with E-state index in [1.54, 1.807) is 19.1 Å². The van der Waals surface area contributed by atoms with Crippen LogP contribution in [0.15, 0.2) is 24.3 Å². The first-order valence-electron chi connectivity index (χ1n) is 4.99. The second kappa shape index (κ2) is 3.81. The number of hydrogen-bond acceptors (Lipinski definition) is 5. The van der Waals surface area contributed by atoms with Gasteiger partial charge >= 0.3 is 5.97 Å². The highest BCUT2D eigenvalue weighted by Gasteiger charge is 2.60. The van der Waals surface area contributed by atoms with E-state index in [4.69, 9.17) is 4.74 Å². The van der Waals surface area contributed by atoms with Crippen molar-refractivity contribution in [2.45, 2.75) is 18.6 Å². The summed E-state index contributed by atoms with van der Waals surface area (Å²) in [6.45, 7) is 1.63. The molecule has 0 amide bonds. The van der Waals surface area contributed by atoms with E-state index >= 15 is 0 Å². The third-order valence-electron chi connectivity index (χ3n) is 2.80. The highest BCUT2D eigenvalue weighted by molar-refractivity contribution is 5.83. The molecule has 0 radical (unpaired) electrons. The molecule has 1 aromatic rings. The standard InChI is InChI=1S/C11H11NO5/c1-11(10(13)16-2)9(17-11)7-3-5-8(6-4-7)12(14)15/h3-6,9H,1-2H3. The van der Waals surface area contributed by atoms with E-state index in [1.807, 2.05) is 0 Å². The van der Waals surface area contributed by atoms with Crippen molar-refractivity contribution in [1.82, 2.24) is 0 Å². The van der Waals surface area contributed by atoms with Gasteiger partial charge in [0.25, 0.3) is 5.69 Å². The summed E-state index contributed by atoms with van der Waals surface area (Å²) in [7, 11) is 1.29. The third-order valence-corrected chi connectivity index (χ3v) is 2.80. The third kappa shape index (κ3) is 1.87. The van der Waals surface area contributed by atoms with Gasteiger partial charge in [-0.3, -0.25) is 10.1 Å². The van der Waals surface area contributed by atoms with Crippen molar-refractivity contribution in [3.05, 3.63) is 39.9 Å². The Kier molecular flexibility index (Phi) is 2.59. The number of hydrogen-bond donors (Lipinski definition) is 0. The number of ether oxygens (including phenoxy) is 2. The van der Waals surface area contributed by atoms with E-state index in [-0.39, 0.29) is 5.69 Å². The Bertz CT molecular complexity index is 469. The van der Waals surface area contributed by atoms with Crippen LogP contribution in [0.2, 0.25) is 0 Å². The number of nitrogens with zero attached hydrogens (tertiary/aromatic N) is 1. The highest BCUT2D eigenvalue weighted by Crippen LogP contribution is 2.50. The van der Waals surface area contributed by atoms with E-state index in [1.165, 1.54) is 19.2 Å². The maximum absolute atomic E-state index is 11.4. The van der Waals surface area contributed by atoms with E-state index < -0.39 is 22.6 Å². The lowest BCUT2D eigenvalue weighted by Gasteiger charge is -2.03. The number of carbonyl (C=O) groups is 1. The van der Waals surface area contributed by atoms with Crippen LogP contribution in [0.1, 0.15) is 18.6 Å². The number of methoxy groups -OCH3 is 1. The SMILES string of the molecule is COC(=O)C1(C)OC1c1ccc([N+](=O)[O-])cc1. The average molecular weight is 237 g/mol. The summed E-state index contributed by atoms with van der Waals surface area (Å²) in [5, 5.41) is 10.5. The van der Waals surface area contributed by atoms with Crippen LogP contribution in [0.4, 0.5) is 5.69 Å². The Morgan fingerprint density at radius 1 is 1.47 bits per heavy atom. The number of esters is 1. The minimum atomic E-state index is -0.967. The summed E-state index contributed by atoms with van der Waals surface area (Å²) in [6.07, 6.45) is -0.393. The molecule has 0 aliphatic carbocycles. The van der Waals surface area contributed by atoms with Crippen molar-refractivity contribution in [2.75, 3.05) is 7.11 Å². The predicted molar refractivity (Wildman–Crippen MR) is 57.3 cm³/mol. The van der Waals surface area contributed by atoms with Crippen molar-refractivity contribution in [3.63, 3.8) is 0 Å². The number of nitro benzene ring substituents is 1. The van der Waals surface area contributed by atoms with Crippen LogP contribution in [0, 0.1) is 10.1 Å². The number of epoxide rings is 1. The molecular formula is C11H11NO5. The summed E-state index contributed by atoms with van der Waals surface area (Å²) in [5.41, 5.74) is -0.233. The van der Waals surface area contributed by atoms with Crippen LogP contribution in [-0.4, -0.2) is 23.6 Å². The first kappa shape index (κ1) is 11.5. The fourth-order valence-corrected chi connectivity index (χ4v) is 1.73. The van der Waals surface area contributed by atoms with Crippen molar-refractivity contribution in [1.29, 1.82) is 0 Å². The predicted octanol–water partition coefficient (Wildman–Crippen LogP) is 1.60. The second-order valence-corrected chi connectivity index (χ2v) is 3.95. The minimum absolute atomic E-state index is 0.00849. The molecule has 0 bridgehead atoms. The second-order valence-electron chi connectivity index (χ2n) is 3.95. The maximum Gasteiger partial charge on any atom is 0.340 e. The summed E-state index contributed by atoms with van der Waals surface area (Å²) >= 11 is 0. The number of benzene rings is 1. The maximum atomic E-state index is 11.4. The van der Waals surface area contributed by atoms with Crippen LogP contribution in [0.25, 0.3) is 0 Å². The van der Waals surface area contributed by atoms with Gasteiger partial charge in [-0.05, 0) is 24.6 Å². The van der Waals surface area contributed by atoms with E-state index in [2.05, 4.69) is 4.74 Å². The van der Waals surface area contributed by atoms with Gasteiger partial charge in [0.2, 0.25) is 0 Å². The molecule has 2 atom stereocenters. The number of carbonyl (C=O) groups excluding carboxylic acids is 1. The van der Waals surface area contributed by atoms with Gasteiger partial charge in [-0.1, -0.05) is 0 Å². The van der Waals surface area contributed by atoms with Gasteiger partial charge in [0.15, 0.2) is 5.60 Å². The quantitative estimate of drug-likeness (QED) is 0.345. The fraction of sp³-hybridized carbons (Fsp3) is 0.364. The average Bonchev–Trinajstić information content (AvgIpc) is 3.02. The molecule has 6 nitrogen and oxygen atoms in total. The van der Waals surface area contributed by atoms with Crippen molar-refractivity contribution < 1.29 is 19.2 Å². The first-order chi connectivity index (χ1) is 7.99. The van der Waals surface area contributed by atoms with Gasteiger partial charge in [-0.15, -0.1) is 0 Å². The molecule has 1 aliphatic heterocycles. The topological polar surface area (TPSA) is 82.0 Å². The Morgan fingerprint density at radius 2 is 2.06 bits per heavy atom. The van der Waals surface area contributed by atoms with Gasteiger partial charge < -0.3 is 9.47 Å². The van der Waals surface area contributed by atoms with E-state index in [9.17, 15) is 14.9 Å². The fourth-order valence-electron chi connectivity index (χ4n) is 1.73.